The second-order valence-electron chi connectivity index (χ2n) is 8.34. The number of hydrogen-bond acceptors (Lipinski definition) is 4. The smallest absolute Gasteiger partial charge is 0.149 e. The van der Waals surface area contributed by atoms with Crippen LogP contribution in [0.1, 0.15) is 40.5 Å². The van der Waals surface area contributed by atoms with Crippen molar-refractivity contribution in [1.29, 1.82) is 0 Å². The van der Waals surface area contributed by atoms with Gasteiger partial charge >= 0.3 is 0 Å². The minimum Gasteiger partial charge on any atom is -0.301 e. The van der Waals surface area contributed by atoms with Crippen molar-refractivity contribution in [2.45, 2.75) is 40.5 Å². The summed E-state index contributed by atoms with van der Waals surface area (Å²) in [5.41, 5.74) is 0. The van der Waals surface area contributed by atoms with Crippen molar-refractivity contribution >= 4 is 5.78 Å². The summed E-state index contributed by atoms with van der Waals surface area (Å²) in [5, 5.41) is 0. The van der Waals surface area contributed by atoms with Crippen molar-refractivity contribution in [1.82, 2.24) is 14.7 Å². The zero-order valence-corrected chi connectivity index (χ0v) is 15.8. The molecule has 0 radical (unpaired) electrons. The molecule has 2 aliphatic heterocycles. The molecule has 0 saturated carbocycles. The molecule has 134 valence electrons. The Bertz CT molecular complexity index is 354. The topological polar surface area (TPSA) is 26.8 Å². The van der Waals surface area contributed by atoms with Gasteiger partial charge in [-0.3, -0.25) is 9.69 Å². The molecule has 0 spiro atoms. The maximum Gasteiger partial charge on any atom is 0.149 e. The van der Waals surface area contributed by atoms with E-state index in [0.717, 1.165) is 24.9 Å². The van der Waals surface area contributed by atoms with Crippen molar-refractivity contribution in [3.8, 4) is 0 Å². The maximum absolute atomic E-state index is 11.9. The van der Waals surface area contributed by atoms with Gasteiger partial charge in [0.2, 0.25) is 0 Å². The van der Waals surface area contributed by atoms with Gasteiger partial charge in [0.1, 0.15) is 5.78 Å². The first-order valence-electron chi connectivity index (χ1n) is 9.63. The molecule has 4 nitrogen and oxygen atoms in total. The molecule has 2 aliphatic rings. The Morgan fingerprint density at radius 3 is 1.96 bits per heavy atom. The highest BCUT2D eigenvalue weighted by Crippen LogP contribution is 2.19. The first-order valence-corrected chi connectivity index (χ1v) is 9.63. The number of carbonyl (C=O) groups excluding carboxylic acids is 1. The van der Waals surface area contributed by atoms with Crippen LogP contribution in [-0.2, 0) is 4.79 Å². The van der Waals surface area contributed by atoms with Gasteiger partial charge in [-0.15, -0.1) is 0 Å². The maximum atomic E-state index is 11.9. The highest BCUT2D eigenvalue weighted by molar-refractivity contribution is 5.82. The third kappa shape index (κ3) is 6.52. The quantitative estimate of drug-likeness (QED) is 0.718. The molecule has 0 aromatic rings. The molecule has 0 aliphatic carbocycles. The molecule has 2 fully saturated rings. The minimum atomic E-state index is 0.176. The minimum absolute atomic E-state index is 0.176. The van der Waals surface area contributed by atoms with Crippen LogP contribution in [0.5, 0.6) is 0 Å². The van der Waals surface area contributed by atoms with Crippen LogP contribution in [0.2, 0.25) is 0 Å². The van der Waals surface area contributed by atoms with Gasteiger partial charge < -0.3 is 9.80 Å². The van der Waals surface area contributed by atoms with E-state index in [1.54, 1.807) is 0 Å². The van der Waals surface area contributed by atoms with E-state index in [2.05, 4.69) is 28.5 Å². The molecular weight excluding hydrogens is 286 g/mol. The van der Waals surface area contributed by atoms with Crippen molar-refractivity contribution in [3.05, 3.63) is 0 Å². The first-order chi connectivity index (χ1) is 10.9. The fourth-order valence-corrected chi connectivity index (χ4v) is 3.77. The molecule has 0 bridgehead atoms. The number of piperidine rings is 1. The van der Waals surface area contributed by atoms with E-state index in [4.69, 9.17) is 0 Å². The number of likely N-dealkylation sites (tertiary alicyclic amines) is 1. The van der Waals surface area contributed by atoms with Crippen LogP contribution in [0.25, 0.3) is 0 Å². The molecule has 0 atom stereocenters. The second-order valence-corrected chi connectivity index (χ2v) is 8.34. The van der Waals surface area contributed by atoms with E-state index in [1.807, 2.05) is 13.8 Å². The molecule has 2 saturated heterocycles. The summed E-state index contributed by atoms with van der Waals surface area (Å²) in [6.45, 7) is 19.0. The molecule has 2 rings (SSSR count). The average Bonchev–Trinajstić information content (AvgIpc) is 2.50. The van der Waals surface area contributed by atoms with Gasteiger partial charge in [-0.1, -0.05) is 27.7 Å². The molecule has 0 aromatic heterocycles. The predicted octanol–water partition coefficient (Wildman–Crippen LogP) is 2.20. The monoisotopic (exact) mass is 323 g/mol. The normalized spacial score (nSPS) is 23.0. The average molecular weight is 324 g/mol. The van der Waals surface area contributed by atoms with Crippen LogP contribution in [0.3, 0.4) is 0 Å². The molecule has 0 unspecified atom stereocenters. The van der Waals surface area contributed by atoms with Crippen LogP contribution < -0.4 is 0 Å². The largest absolute Gasteiger partial charge is 0.301 e. The molecule has 0 aromatic carbocycles. The van der Waals surface area contributed by atoms with E-state index < -0.39 is 0 Å². The van der Waals surface area contributed by atoms with Crippen molar-refractivity contribution in [2.75, 3.05) is 58.9 Å². The number of piperazine rings is 1. The van der Waals surface area contributed by atoms with E-state index in [0.29, 0.717) is 12.3 Å². The van der Waals surface area contributed by atoms with Crippen LogP contribution in [0.4, 0.5) is 0 Å². The Morgan fingerprint density at radius 2 is 1.43 bits per heavy atom. The molecular formula is C19H37N3O. The van der Waals surface area contributed by atoms with E-state index in [9.17, 15) is 4.79 Å². The van der Waals surface area contributed by atoms with Crippen molar-refractivity contribution < 1.29 is 4.79 Å². The fraction of sp³-hybridized carbons (Fsp3) is 0.947. The Balaban J connectivity index is 1.62. The van der Waals surface area contributed by atoms with Gasteiger partial charge in [0, 0.05) is 45.2 Å². The third-order valence-electron chi connectivity index (χ3n) is 5.34. The number of nitrogens with zero attached hydrogens (tertiary/aromatic N) is 3. The molecule has 23 heavy (non-hydrogen) atoms. The highest BCUT2D eigenvalue weighted by atomic mass is 16.1. The van der Waals surface area contributed by atoms with Gasteiger partial charge in [0.15, 0.2) is 0 Å². The summed E-state index contributed by atoms with van der Waals surface area (Å²) in [5.74, 6) is 2.18. The lowest BCUT2D eigenvalue weighted by atomic mass is 9.95. The van der Waals surface area contributed by atoms with Crippen molar-refractivity contribution in [3.63, 3.8) is 0 Å². The van der Waals surface area contributed by atoms with E-state index >= 15 is 0 Å². The molecule has 0 amide bonds. The van der Waals surface area contributed by atoms with Crippen LogP contribution in [0.15, 0.2) is 0 Å². The Hall–Kier alpha value is -0.450. The van der Waals surface area contributed by atoms with Gasteiger partial charge in [-0.2, -0.15) is 0 Å². The summed E-state index contributed by atoms with van der Waals surface area (Å²) in [4.78, 5) is 19.5. The van der Waals surface area contributed by atoms with Crippen LogP contribution >= 0.6 is 0 Å². The van der Waals surface area contributed by atoms with Gasteiger partial charge in [-0.05, 0) is 37.8 Å². The number of hydrogen-bond donors (Lipinski definition) is 0. The third-order valence-corrected chi connectivity index (χ3v) is 5.34. The molecule has 2 heterocycles. The standard InChI is InChI=1S/C19H37N3O/c1-16(2)13-21-9-11-22(12-10-21)14-18-5-7-20(8-6-18)15-19(23)17(3)4/h16-18H,5-15H2,1-4H3. The van der Waals surface area contributed by atoms with Gasteiger partial charge in [0.25, 0.3) is 0 Å². The second kappa shape index (κ2) is 9.14. The Kier molecular flexibility index (Phi) is 7.51. The lowest BCUT2D eigenvalue weighted by molar-refractivity contribution is -0.123. The zero-order chi connectivity index (χ0) is 16.8. The summed E-state index contributed by atoms with van der Waals surface area (Å²) < 4.78 is 0. The highest BCUT2D eigenvalue weighted by Gasteiger charge is 2.25. The predicted molar refractivity (Wildman–Crippen MR) is 96.7 cm³/mol. The molecule has 4 heteroatoms. The summed E-state index contributed by atoms with van der Waals surface area (Å²) in [6, 6.07) is 0. The van der Waals surface area contributed by atoms with E-state index in [1.165, 1.54) is 52.1 Å². The number of Topliss-reactive ketones (excluding diaryl/α,β-unsaturated/α-hetero) is 1. The molecule has 0 N–H and O–H groups in total. The number of ketones is 1. The van der Waals surface area contributed by atoms with Gasteiger partial charge in [0.05, 0.1) is 6.54 Å². The van der Waals surface area contributed by atoms with Crippen LogP contribution in [0, 0.1) is 17.8 Å². The fourth-order valence-electron chi connectivity index (χ4n) is 3.77. The number of carbonyl (C=O) groups is 1. The Morgan fingerprint density at radius 1 is 0.870 bits per heavy atom. The SMILES string of the molecule is CC(C)CN1CCN(CC2CCN(CC(=O)C(C)C)CC2)CC1. The van der Waals surface area contributed by atoms with Gasteiger partial charge in [-0.25, -0.2) is 0 Å². The summed E-state index contributed by atoms with van der Waals surface area (Å²) in [7, 11) is 0. The Labute approximate surface area is 143 Å². The lowest BCUT2D eigenvalue weighted by Crippen LogP contribution is -2.49. The number of rotatable bonds is 7. The first kappa shape index (κ1) is 18.9. The zero-order valence-electron chi connectivity index (χ0n) is 15.8. The van der Waals surface area contributed by atoms with Crippen LogP contribution in [-0.4, -0.2) is 79.4 Å². The van der Waals surface area contributed by atoms with Crippen molar-refractivity contribution in [2.24, 2.45) is 17.8 Å². The van der Waals surface area contributed by atoms with E-state index in [-0.39, 0.29) is 5.92 Å². The lowest BCUT2D eigenvalue weighted by Gasteiger charge is -2.39. The summed E-state index contributed by atoms with van der Waals surface area (Å²) in [6.07, 6.45) is 2.52. The summed E-state index contributed by atoms with van der Waals surface area (Å²) >= 11 is 0.